The molecule has 0 aliphatic carbocycles. The molecule has 1 aliphatic heterocycles. The zero-order valence-corrected chi connectivity index (χ0v) is 19.4. The monoisotopic (exact) mass is 493 g/mol. The van der Waals surface area contributed by atoms with Crippen molar-refractivity contribution >= 4 is 46.3 Å². The Morgan fingerprint density at radius 3 is 2.60 bits per heavy atom. The third kappa shape index (κ3) is 4.94. The van der Waals surface area contributed by atoms with Crippen LogP contribution in [0.25, 0.3) is 17.4 Å². The van der Waals surface area contributed by atoms with Crippen molar-refractivity contribution in [3.05, 3.63) is 80.9 Å². The number of hydrogen-bond acceptors (Lipinski definition) is 8. The number of benzene rings is 2. The number of rotatable bonds is 7. The molecule has 0 spiro atoms. The first-order valence-electron chi connectivity index (χ1n) is 10.4. The van der Waals surface area contributed by atoms with Crippen molar-refractivity contribution in [1.82, 2.24) is 4.90 Å². The minimum Gasteiger partial charge on any atom is -0.496 e. The van der Waals surface area contributed by atoms with Crippen LogP contribution >= 0.6 is 11.8 Å². The van der Waals surface area contributed by atoms with Crippen molar-refractivity contribution in [1.29, 1.82) is 0 Å². The van der Waals surface area contributed by atoms with E-state index in [2.05, 4.69) is 4.99 Å². The molecule has 1 fully saturated rings. The lowest BCUT2D eigenvalue weighted by Gasteiger charge is -2.11. The number of methoxy groups -OCH3 is 1. The van der Waals surface area contributed by atoms with Gasteiger partial charge in [0.2, 0.25) is 0 Å². The highest BCUT2D eigenvalue weighted by Crippen LogP contribution is 2.37. The van der Waals surface area contributed by atoms with Crippen LogP contribution in [0.4, 0.5) is 11.4 Å². The minimum atomic E-state index is -1.03. The molecule has 0 radical (unpaired) electrons. The van der Waals surface area contributed by atoms with E-state index in [1.54, 1.807) is 36.4 Å². The fraction of sp³-hybridized carbons (Fsp3) is 0.125. The number of thioether (sulfide) groups is 1. The molecule has 0 unspecified atom stereocenters. The van der Waals surface area contributed by atoms with Gasteiger partial charge in [0.15, 0.2) is 5.17 Å². The van der Waals surface area contributed by atoms with Gasteiger partial charge in [-0.05, 0) is 61.2 Å². The molecule has 2 heterocycles. The highest BCUT2D eigenvalue weighted by molar-refractivity contribution is 8.18. The second kappa shape index (κ2) is 9.85. The number of carbonyl (C=O) groups is 2. The van der Waals surface area contributed by atoms with Crippen molar-refractivity contribution in [3.8, 4) is 17.1 Å². The molecule has 0 saturated carbocycles. The fourth-order valence-corrected chi connectivity index (χ4v) is 4.40. The predicted molar refractivity (Wildman–Crippen MR) is 131 cm³/mol. The van der Waals surface area contributed by atoms with Crippen LogP contribution in [0.3, 0.4) is 0 Å². The van der Waals surface area contributed by atoms with Gasteiger partial charge in [0, 0.05) is 18.7 Å². The number of aromatic carboxylic acids is 1. The molecule has 178 valence electrons. The number of carbonyl (C=O) groups excluding carboxylic acids is 1. The second-order valence-electron chi connectivity index (χ2n) is 7.25. The standard InChI is InChI=1S/C24H19N3O7S/c1-3-26-22(28)21(35-24(26)25-15-6-4-14(5-7-15)23(29)30)13-17-9-11-19(34-17)18-10-8-16(27(31)32)12-20(18)33-2/h4-13H,3H2,1-2H3,(H,29,30)/b21-13+,25-24?. The Labute approximate surface area is 203 Å². The molecule has 1 N–H and O–H groups in total. The Balaban J connectivity index is 1.60. The first-order chi connectivity index (χ1) is 16.8. The molecule has 0 bridgehead atoms. The highest BCUT2D eigenvalue weighted by Gasteiger charge is 2.32. The van der Waals surface area contributed by atoms with Crippen LogP contribution in [0, 0.1) is 10.1 Å². The Kier molecular flexibility index (Phi) is 6.69. The molecule has 1 saturated heterocycles. The number of likely N-dealkylation sites (N-methyl/N-ethyl adjacent to an activating group) is 1. The van der Waals surface area contributed by atoms with E-state index in [9.17, 15) is 19.7 Å². The maximum absolute atomic E-state index is 12.9. The normalized spacial score (nSPS) is 15.7. The second-order valence-corrected chi connectivity index (χ2v) is 8.26. The summed E-state index contributed by atoms with van der Waals surface area (Å²) in [7, 11) is 1.41. The number of hydrogen-bond donors (Lipinski definition) is 1. The van der Waals surface area contributed by atoms with Gasteiger partial charge in [0.1, 0.15) is 17.3 Å². The van der Waals surface area contributed by atoms with Crippen LogP contribution in [0.2, 0.25) is 0 Å². The number of amides is 1. The fourth-order valence-electron chi connectivity index (χ4n) is 3.36. The van der Waals surface area contributed by atoms with Gasteiger partial charge in [-0.3, -0.25) is 19.8 Å². The lowest BCUT2D eigenvalue weighted by Crippen LogP contribution is -2.28. The summed E-state index contributed by atoms with van der Waals surface area (Å²) in [5, 5.41) is 20.5. The molecule has 1 aromatic heterocycles. The van der Waals surface area contributed by atoms with E-state index >= 15 is 0 Å². The van der Waals surface area contributed by atoms with Gasteiger partial charge < -0.3 is 14.3 Å². The van der Waals surface area contributed by atoms with Gasteiger partial charge in [-0.1, -0.05) is 0 Å². The summed E-state index contributed by atoms with van der Waals surface area (Å²) in [6, 6.07) is 13.7. The van der Waals surface area contributed by atoms with Crippen molar-refractivity contribution in [2.75, 3.05) is 13.7 Å². The topological polar surface area (TPSA) is 135 Å². The Bertz CT molecular complexity index is 1380. The Morgan fingerprint density at radius 2 is 1.97 bits per heavy atom. The van der Waals surface area contributed by atoms with E-state index < -0.39 is 10.9 Å². The number of non-ortho nitro benzene ring substituents is 1. The van der Waals surface area contributed by atoms with Gasteiger partial charge in [0.25, 0.3) is 11.6 Å². The van der Waals surface area contributed by atoms with Crippen LogP contribution in [0.1, 0.15) is 23.0 Å². The van der Waals surface area contributed by atoms with Crippen LogP contribution in [-0.4, -0.2) is 45.6 Å². The molecule has 4 rings (SSSR count). The third-order valence-electron chi connectivity index (χ3n) is 5.10. The number of amidine groups is 1. The van der Waals surface area contributed by atoms with Crippen molar-refractivity contribution in [2.45, 2.75) is 6.92 Å². The Hall–Kier alpha value is -4.38. The molecule has 1 amide bonds. The average molecular weight is 493 g/mol. The van der Waals surface area contributed by atoms with Crippen molar-refractivity contribution in [3.63, 3.8) is 0 Å². The quantitative estimate of drug-likeness (QED) is 0.270. The number of furan rings is 1. The maximum atomic E-state index is 12.9. The molecule has 35 heavy (non-hydrogen) atoms. The minimum absolute atomic E-state index is 0.100. The Morgan fingerprint density at radius 1 is 1.23 bits per heavy atom. The number of nitro groups is 1. The number of aliphatic imine (C=N–C) groups is 1. The largest absolute Gasteiger partial charge is 0.496 e. The predicted octanol–water partition coefficient (Wildman–Crippen LogP) is 5.19. The van der Waals surface area contributed by atoms with E-state index in [-0.39, 0.29) is 17.2 Å². The average Bonchev–Trinajstić information content (AvgIpc) is 3.43. The van der Waals surface area contributed by atoms with Gasteiger partial charge in [-0.2, -0.15) is 0 Å². The summed E-state index contributed by atoms with van der Waals surface area (Å²) < 4.78 is 11.2. The molecule has 1 aliphatic rings. The van der Waals surface area contributed by atoms with E-state index in [1.165, 1.54) is 48.0 Å². The molecule has 11 heteroatoms. The van der Waals surface area contributed by atoms with Crippen molar-refractivity contribution < 1.29 is 28.8 Å². The molecular formula is C24H19N3O7S. The van der Waals surface area contributed by atoms with Crippen LogP contribution in [-0.2, 0) is 4.79 Å². The number of nitrogens with zero attached hydrogens (tertiary/aromatic N) is 3. The summed E-state index contributed by atoms with van der Waals surface area (Å²) in [4.78, 5) is 40.9. The number of nitro benzene ring substituents is 1. The first-order valence-corrected chi connectivity index (χ1v) is 11.2. The summed E-state index contributed by atoms with van der Waals surface area (Å²) >= 11 is 1.18. The van der Waals surface area contributed by atoms with Crippen LogP contribution in [0.15, 0.2) is 68.9 Å². The third-order valence-corrected chi connectivity index (χ3v) is 6.11. The summed E-state index contributed by atoms with van der Waals surface area (Å²) in [5.41, 5.74) is 1.11. The van der Waals surface area contributed by atoms with Gasteiger partial charge in [0.05, 0.1) is 39.8 Å². The number of carboxylic acids is 1. The molecular weight excluding hydrogens is 474 g/mol. The number of ether oxygens (including phenoxy) is 1. The zero-order chi connectivity index (χ0) is 25.1. The molecule has 10 nitrogen and oxygen atoms in total. The van der Waals surface area contributed by atoms with Gasteiger partial charge >= 0.3 is 5.97 Å². The maximum Gasteiger partial charge on any atom is 0.335 e. The lowest BCUT2D eigenvalue weighted by atomic mass is 10.1. The lowest BCUT2D eigenvalue weighted by molar-refractivity contribution is -0.384. The van der Waals surface area contributed by atoms with Crippen LogP contribution < -0.4 is 4.74 Å². The van der Waals surface area contributed by atoms with Crippen LogP contribution in [0.5, 0.6) is 5.75 Å². The first kappa shape index (κ1) is 23.8. The summed E-state index contributed by atoms with van der Waals surface area (Å²) in [6.07, 6.45) is 1.60. The van der Waals surface area contributed by atoms with Gasteiger partial charge in [-0.15, -0.1) is 0 Å². The van der Waals surface area contributed by atoms with E-state index in [4.69, 9.17) is 14.3 Å². The molecule has 3 aromatic rings. The van der Waals surface area contributed by atoms with E-state index in [0.29, 0.717) is 45.1 Å². The summed E-state index contributed by atoms with van der Waals surface area (Å²) in [6.45, 7) is 2.23. The number of carboxylic acid groups (broad SMARTS) is 1. The zero-order valence-electron chi connectivity index (χ0n) is 18.6. The summed E-state index contributed by atoms with van der Waals surface area (Å²) in [5.74, 6) is -0.124. The van der Waals surface area contributed by atoms with E-state index in [1.807, 2.05) is 6.92 Å². The SMILES string of the molecule is CCN1C(=O)/C(=C\c2ccc(-c3ccc([N+](=O)[O-])cc3OC)o2)SC1=Nc1ccc(C(=O)O)cc1. The van der Waals surface area contributed by atoms with Gasteiger partial charge in [-0.25, -0.2) is 9.79 Å². The molecule has 0 atom stereocenters. The van der Waals surface area contributed by atoms with E-state index in [0.717, 1.165) is 0 Å². The van der Waals surface area contributed by atoms with Crippen molar-refractivity contribution in [2.24, 2.45) is 4.99 Å². The molecule has 2 aromatic carbocycles. The highest BCUT2D eigenvalue weighted by atomic mass is 32.2. The smallest absolute Gasteiger partial charge is 0.335 e.